The summed E-state index contributed by atoms with van der Waals surface area (Å²) in [4.78, 5) is 0. The molecule has 12 heavy (non-hydrogen) atoms. The van der Waals surface area contributed by atoms with Crippen molar-refractivity contribution in [1.82, 2.24) is 4.57 Å². The van der Waals surface area contributed by atoms with E-state index >= 15 is 0 Å². The van der Waals surface area contributed by atoms with Gasteiger partial charge in [-0.3, -0.25) is 9.98 Å². The van der Waals surface area contributed by atoms with Gasteiger partial charge in [-0.05, 0) is 18.6 Å². The first-order chi connectivity index (χ1) is 5.69. The van der Waals surface area contributed by atoms with E-state index in [1.165, 1.54) is 0 Å². The average molecular weight is 167 g/mol. The van der Waals surface area contributed by atoms with E-state index in [4.69, 9.17) is 15.9 Å². The molecule has 0 aliphatic heterocycles. The first kappa shape index (κ1) is 8.80. The molecule has 66 valence electrons. The van der Waals surface area contributed by atoms with E-state index in [1.54, 1.807) is 17.7 Å². The maximum atomic E-state index is 7.56. The van der Waals surface area contributed by atoms with Gasteiger partial charge in [-0.15, -0.1) is 0 Å². The van der Waals surface area contributed by atoms with Gasteiger partial charge in [0.2, 0.25) is 0 Å². The Labute approximate surface area is 71.1 Å². The maximum absolute atomic E-state index is 7.56. The summed E-state index contributed by atoms with van der Waals surface area (Å²) in [5.41, 5.74) is 6.81. The third-order valence-electron chi connectivity index (χ3n) is 1.66. The standard InChI is InChI=1S/C8H13N3O/c1-6-3-7(10)11(5-9)8(4-6)12-2/h3-4,10H,5,9H2,1-2H3. The van der Waals surface area contributed by atoms with Crippen molar-refractivity contribution in [3.05, 3.63) is 23.2 Å². The Morgan fingerprint density at radius 3 is 2.75 bits per heavy atom. The maximum Gasteiger partial charge on any atom is 0.196 e. The molecule has 1 heterocycles. The highest BCUT2D eigenvalue weighted by atomic mass is 16.5. The van der Waals surface area contributed by atoms with Gasteiger partial charge >= 0.3 is 0 Å². The molecule has 4 heteroatoms. The van der Waals surface area contributed by atoms with E-state index < -0.39 is 0 Å². The predicted octanol–water partition coefficient (Wildman–Crippen LogP) is 0.201. The first-order valence-corrected chi connectivity index (χ1v) is 3.69. The lowest BCUT2D eigenvalue weighted by atomic mass is 10.3. The molecule has 1 aromatic rings. The average Bonchev–Trinajstić information content (AvgIpc) is 2.03. The zero-order valence-electron chi connectivity index (χ0n) is 7.29. The van der Waals surface area contributed by atoms with Crippen molar-refractivity contribution in [3.63, 3.8) is 0 Å². The fourth-order valence-corrected chi connectivity index (χ4v) is 1.08. The summed E-state index contributed by atoms with van der Waals surface area (Å²) in [5.74, 6) is 0.627. The van der Waals surface area contributed by atoms with Gasteiger partial charge in [0, 0.05) is 6.07 Å². The summed E-state index contributed by atoms with van der Waals surface area (Å²) in [6.45, 7) is 2.18. The topological polar surface area (TPSA) is 64.0 Å². The number of pyridine rings is 1. The molecule has 1 rings (SSSR count). The summed E-state index contributed by atoms with van der Waals surface area (Å²) < 4.78 is 6.65. The summed E-state index contributed by atoms with van der Waals surface area (Å²) in [7, 11) is 1.57. The van der Waals surface area contributed by atoms with Gasteiger partial charge in [0.1, 0.15) is 5.49 Å². The lowest BCUT2D eigenvalue weighted by Crippen LogP contribution is -2.25. The van der Waals surface area contributed by atoms with E-state index in [0.717, 1.165) is 5.56 Å². The van der Waals surface area contributed by atoms with Crippen LogP contribution in [0, 0.1) is 12.3 Å². The molecular weight excluding hydrogens is 154 g/mol. The zero-order valence-corrected chi connectivity index (χ0v) is 7.29. The van der Waals surface area contributed by atoms with Gasteiger partial charge in [0.25, 0.3) is 0 Å². The van der Waals surface area contributed by atoms with Crippen LogP contribution in [0.15, 0.2) is 12.1 Å². The van der Waals surface area contributed by atoms with Crippen LogP contribution < -0.4 is 16.0 Å². The minimum atomic E-state index is 0.266. The molecule has 0 spiro atoms. The molecule has 0 fully saturated rings. The molecule has 4 nitrogen and oxygen atoms in total. The molecule has 0 amide bonds. The number of nitrogens with zero attached hydrogens (tertiary/aromatic N) is 1. The van der Waals surface area contributed by atoms with Gasteiger partial charge in [0.15, 0.2) is 5.88 Å². The molecular formula is C8H13N3O. The largest absolute Gasteiger partial charge is 0.482 e. The van der Waals surface area contributed by atoms with Crippen LogP contribution >= 0.6 is 0 Å². The monoisotopic (exact) mass is 167 g/mol. The van der Waals surface area contributed by atoms with Crippen LogP contribution in [0.4, 0.5) is 0 Å². The van der Waals surface area contributed by atoms with Crippen molar-refractivity contribution < 1.29 is 4.74 Å². The fourth-order valence-electron chi connectivity index (χ4n) is 1.08. The van der Waals surface area contributed by atoms with Crippen molar-refractivity contribution in [3.8, 4) is 5.88 Å². The van der Waals surface area contributed by atoms with Crippen molar-refractivity contribution in [1.29, 1.82) is 5.41 Å². The quantitative estimate of drug-likeness (QED) is 0.661. The first-order valence-electron chi connectivity index (χ1n) is 3.69. The number of nitrogens with one attached hydrogen (secondary N) is 1. The second kappa shape index (κ2) is 3.40. The van der Waals surface area contributed by atoms with E-state index in [9.17, 15) is 0 Å². The Morgan fingerprint density at radius 1 is 1.58 bits per heavy atom. The number of aromatic nitrogens is 1. The van der Waals surface area contributed by atoms with Gasteiger partial charge < -0.3 is 10.5 Å². The predicted molar refractivity (Wildman–Crippen MR) is 45.8 cm³/mol. The van der Waals surface area contributed by atoms with E-state index in [2.05, 4.69) is 0 Å². The van der Waals surface area contributed by atoms with Crippen LogP contribution in [-0.4, -0.2) is 11.7 Å². The molecule has 0 saturated heterocycles. The number of ether oxygens (including phenoxy) is 1. The Kier molecular flexibility index (Phi) is 2.50. The number of nitrogens with two attached hydrogens (primary N) is 1. The molecule has 0 radical (unpaired) electrons. The van der Waals surface area contributed by atoms with Crippen LogP contribution in [0.3, 0.4) is 0 Å². The van der Waals surface area contributed by atoms with E-state index in [1.807, 2.05) is 13.0 Å². The zero-order chi connectivity index (χ0) is 9.14. The van der Waals surface area contributed by atoms with Crippen molar-refractivity contribution in [2.75, 3.05) is 7.11 Å². The SMILES string of the molecule is COc1cc(C)cc(=N)n1CN. The Hall–Kier alpha value is -1.29. The smallest absolute Gasteiger partial charge is 0.196 e. The molecule has 0 aromatic carbocycles. The number of rotatable bonds is 2. The molecule has 0 saturated carbocycles. The van der Waals surface area contributed by atoms with Crippen LogP contribution in [-0.2, 0) is 6.67 Å². The van der Waals surface area contributed by atoms with Crippen LogP contribution in [0.1, 0.15) is 5.56 Å². The highest BCUT2D eigenvalue weighted by molar-refractivity contribution is 5.20. The third-order valence-corrected chi connectivity index (χ3v) is 1.66. The molecule has 1 aromatic heterocycles. The lowest BCUT2D eigenvalue weighted by Gasteiger charge is -2.10. The normalized spacial score (nSPS) is 9.92. The second-order valence-corrected chi connectivity index (χ2v) is 2.57. The second-order valence-electron chi connectivity index (χ2n) is 2.57. The Balaban J connectivity index is 3.34. The summed E-state index contributed by atoms with van der Waals surface area (Å²) >= 11 is 0. The summed E-state index contributed by atoms with van der Waals surface area (Å²) in [6.07, 6.45) is 0. The molecule has 0 unspecified atom stereocenters. The molecule has 0 atom stereocenters. The fraction of sp³-hybridized carbons (Fsp3) is 0.375. The van der Waals surface area contributed by atoms with Gasteiger partial charge in [-0.2, -0.15) is 0 Å². The van der Waals surface area contributed by atoms with E-state index in [0.29, 0.717) is 11.4 Å². The summed E-state index contributed by atoms with van der Waals surface area (Å²) in [6, 6.07) is 3.60. The minimum absolute atomic E-state index is 0.266. The molecule has 0 bridgehead atoms. The van der Waals surface area contributed by atoms with Crippen LogP contribution in [0.2, 0.25) is 0 Å². The highest BCUT2D eigenvalue weighted by Gasteiger charge is 1.99. The minimum Gasteiger partial charge on any atom is -0.482 e. The Bertz CT molecular complexity index is 330. The molecule has 0 aliphatic carbocycles. The highest BCUT2D eigenvalue weighted by Crippen LogP contribution is 2.07. The van der Waals surface area contributed by atoms with Gasteiger partial charge in [-0.25, -0.2) is 0 Å². The Morgan fingerprint density at radius 2 is 2.25 bits per heavy atom. The summed E-state index contributed by atoms with van der Waals surface area (Å²) in [5, 5.41) is 7.56. The van der Waals surface area contributed by atoms with Crippen molar-refractivity contribution in [2.45, 2.75) is 13.6 Å². The third kappa shape index (κ3) is 1.48. The molecule has 3 N–H and O–H groups in total. The molecule has 0 aliphatic rings. The van der Waals surface area contributed by atoms with Crippen LogP contribution in [0.5, 0.6) is 5.88 Å². The van der Waals surface area contributed by atoms with Crippen LogP contribution in [0.25, 0.3) is 0 Å². The number of aryl methyl sites for hydroxylation is 1. The number of hydrogen-bond acceptors (Lipinski definition) is 3. The number of methoxy groups -OCH3 is 1. The van der Waals surface area contributed by atoms with Gasteiger partial charge in [0.05, 0.1) is 13.8 Å². The number of hydrogen-bond donors (Lipinski definition) is 2. The van der Waals surface area contributed by atoms with Crippen molar-refractivity contribution >= 4 is 0 Å². The van der Waals surface area contributed by atoms with E-state index in [-0.39, 0.29) is 6.67 Å². The lowest BCUT2D eigenvalue weighted by molar-refractivity contribution is 0.363. The van der Waals surface area contributed by atoms with Gasteiger partial charge in [-0.1, -0.05) is 0 Å². The van der Waals surface area contributed by atoms with Crippen molar-refractivity contribution in [2.24, 2.45) is 5.73 Å².